The predicted octanol–water partition coefficient (Wildman–Crippen LogP) is 3.18. The van der Waals surface area contributed by atoms with Gasteiger partial charge in [0, 0.05) is 42.3 Å². The van der Waals surface area contributed by atoms with Gasteiger partial charge in [-0.1, -0.05) is 0 Å². The standard InChI is InChI=1S/C23H27N5O5S/c1-16-14-22(28-10-12-33-13-11-28)26-23(24-16)25-17-4-6-18(7-5-17)27-34(29,30)21-15-19(31-2)8-9-20(21)32-3/h4-9,14-15,27H,10-13H2,1-3H3,(H,24,25,26). The molecule has 4 rings (SSSR count). The molecular weight excluding hydrogens is 458 g/mol. The number of sulfonamides is 1. The van der Waals surface area contributed by atoms with Crippen molar-refractivity contribution in [1.29, 1.82) is 0 Å². The molecule has 180 valence electrons. The highest BCUT2D eigenvalue weighted by molar-refractivity contribution is 7.92. The Balaban J connectivity index is 1.49. The van der Waals surface area contributed by atoms with Gasteiger partial charge in [-0.05, 0) is 43.3 Å². The molecular formula is C23H27N5O5S. The van der Waals surface area contributed by atoms with Crippen molar-refractivity contribution in [1.82, 2.24) is 9.97 Å². The third kappa shape index (κ3) is 5.49. The number of aryl methyl sites for hydroxylation is 1. The molecule has 0 aliphatic carbocycles. The van der Waals surface area contributed by atoms with E-state index in [1.54, 1.807) is 36.4 Å². The number of rotatable bonds is 8. The van der Waals surface area contributed by atoms with Gasteiger partial charge in [0.15, 0.2) is 0 Å². The van der Waals surface area contributed by atoms with Gasteiger partial charge in [-0.2, -0.15) is 4.98 Å². The second-order valence-corrected chi connectivity index (χ2v) is 9.27. The van der Waals surface area contributed by atoms with Crippen molar-refractivity contribution >= 4 is 33.2 Å². The number of aromatic nitrogens is 2. The molecule has 0 radical (unpaired) electrons. The van der Waals surface area contributed by atoms with Crippen LogP contribution >= 0.6 is 0 Å². The minimum Gasteiger partial charge on any atom is -0.497 e. The van der Waals surface area contributed by atoms with Gasteiger partial charge in [0.05, 0.1) is 27.4 Å². The Morgan fingerprint density at radius 3 is 2.32 bits per heavy atom. The molecule has 10 nitrogen and oxygen atoms in total. The van der Waals surface area contributed by atoms with E-state index in [-0.39, 0.29) is 10.6 Å². The minimum atomic E-state index is -3.90. The van der Waals surface area contributed by atoms with Crippen molar-refractivity contribution < 1.29 is 22.6 Å². The first-order valence-electron chi connectivity index (χ1n) is 10.7. The van der Waals surface area contributed by atoms with E-state index in [4.69, 9.17) is 14.2 Å². The summed E-state index contributed by atoms with van der Waals surface area (Å²) < 4.78 is 44.3. The molecule has 1 aliphatic heterocycles. The fourth-order valence-electron chi connectivity index (χ4n) is 3.52. The molecule has 2 N–H and O–H groups in total. The minimum absolute atomic E-state index is 0.0136. The first kappa shape index (κ1) is 23.6. The van der Waals surface area contributed by atoms with Gasteiger partial charge in [0.1, 0.15) is 22.2 Å². The normalized spacial score (nSPS) is 13.9. The maximum absolute atomic E-state index is 13.0. The van der Waals surface area contributed by atoms with Gasteiger partial charge in [-0.15, -0.1) is 0 Å². The first-order valence-corrected chi connectivity index (χ1v) is 12.2. The molecule has 1 saturated heterocycles. The molecule has 11 heteroatoms. The van der Waals surface area contributed by atoms with Crippen molar-refractivity contribution in [3.63, 3.8) is 0 Å². The number of methoxy groups -OCH3 is 2. The third-order valence-electron chi connectivity index (χ3n) is 5.23. The van der Waals surface area contributed by atoms with E-state index in [0.29, 0.717) is 30.6 Å². The zero-order valence-corrected chi connectivity index (χ0v) is 20.1. The van der Waals surface area contributed by atoms with Gasteiger partial charge in [0.2, 0.25) is 5.95 Å². The van der Waals surface area contributed by atoms with E-state index in [1.807, 2.05) is 13.0 Å². The van der Waals surface area contributed by atoms with Gasteiger partial charge < -0.3 is 24.4 Å². The lowest BCUT2D eigenvalue weighted by Crippen LogP contribution is -2.36. The van der Waals surface area contributed by atoms with E-state index in [9.17, 15) is 8.42 Å². The molecule has 0 unspecified atom stereocenters. The average Bonchev–Trinajstić information content (AvgIpc) is 2.85. The number of anilines is 4. The molecule has 0 spiro atoms. The van der Waals surface area contributed by atoms with Crippen molar-refractivity contribution in [2.24, 2.45) is 0 Å². The van der Waals surface area contributed by atoms with Crippen LogP contribution in [-0.2, 0) is 14.8 Å². The lowest BCUT2D eigenvalue weighted by Gasteiger charge is -2.28. The second kappa shape index (κ2) is 10.1. The number of hydrogen-bond donors (Lipinski definition) is 2. The number of ether oxygens (including phenoxy) is 3. The highest BCUT2D eigenvalue weighted by Crippen LogP contribution is 2.30. The summed E-state index contributed by atoms with van der Waals surface area (Å²) in [7, 11) is -1.01. The maximum Gasteiger partial charge on any atom is 0.265 e. The van der Waals surface area contributed by atoms with E-state index in [0.717, 1.165) is 30.3 Å². The Morgan fingerprint density at radius 2 is 1.65 bits per heavy atom. The highest BCUT2D eigenvalue weighted by atomic mass is 32.2. The fraction of sp³-hybridized carbons (Fsp3) is 0.304. The van der Waals surface area contributed by atoms with Crippen LogP contribution in [0.3, 0.4) is 0 Å². The summed E-state index contributed by atoms with van der Waals surface area (Å²) in [5.41, 5.74) is 1.96. The Kier molecular flexibility index (Phi) is 7.03. The van der Waals surface area contributed by atoms with Gasteiger partial charge in [-0.3, -0.25) is 4.72 Å². The summed E-state index contributed by atoms with van der Waals surface area (Å²) in [5, 5.41) is 3.19. The van der Waals surface area contributed by atoms with Crippen molar-refractivity contribution in [3.8, 4) is 11.5 Å². The second-order valence-electron chi connectivity index (χ2n) is 7.62. The topological polar surface area (TPSA) is 115 Å². The predicted molar refractivity (Wildman–Crippen MR) is 130 cm³/mol. The summed E-state index contributed by atoms with van der Waals surface area (Å²) in [6, 6.07) is 13.4. The molecule has 1 fully saturated rings. The maximum atomic E-state index is 13.0. The van der Waals surface area contributed by atoms with E-state index in [1.165, 1.54) is 20.3 Å². The molecule has 2 heterocycles. The number of benzene rings is 2. The van der Waals surface area contributed by atoms with Gasteiger partial charge in [0.25, 0.3) is 10.0 Å². The molecule has 0 amide bonds. The summed E-state index contributed by atoms with van der Waals surface area (Å²) in [4.78, 5) is 11.2. The number of nitrogens with zero attached hydrogens (tertiary/aromatic N) is 3. The van der Waals surface area contributed by atoms with Gasteiger partial charge in [-0.25, -0.2) is 13.4 Å². The largest absolute Gasteiger partial charge is 0.497 e. The Morgan fingerprint density at radius 1 is 0.941 bits per heavy atom. The van der Waals surface area contributed by atoms with E-state index >= 15 is 0 Å². The fourth-order valence-corrected chi connectivity index (χ4v) is 4.76. The van der Waals surface area contributed by atoms with Crippen molar-refractivity contribution in [3.05, 3.63) is 54.2 Å². The van der Waals surface area contributed by atoms with Crippen molar-refractivity contribution in [2.45, 2.75) is 11.8 Å². The zero-order valence-electron chi connectivity index (χ0n) is 19.2. The van der Waals surface area contributed by atoms with Crippen LogP contribution in [-0.4, -0.2) is 58.9 Å². The SMILES string of the molecule is COc1ccc(OC)c(S(=O)(=O)Nc2ccc(Nc3nc(C)cc(N4CCOCC4)n3)cc2)c1. The van der Waals surface area contributed by atoms with Crippen LogP contribution < -0.4 is 24.4 Å². The van der Waals surface area contributed by atoms with Gasteiger partial charge >= 0.3 is 0 Å². The Bertz CT molecular complexity index is 1250. The highest BCUT2D eigenvalue weighted by Gasteiger charge is 2.21. The first-order chi connectivity index (χ1) is 16.4. The molecule has 0 bridgehead atoms. The van der Waals surface area contributed by atoms with E-state index in [2.05, 4.69) is 24.9 Å². The average molecular weight is 486 g/mol. The molecule has 1 aliphatic rings. The summed E-state index contributed by atoms with van der Waals surface area (Å²) in [6.07, 6.45) is 0. The molecule has 1 aromatic heterocycles. The summed E-state index contributed by atoms with van der Waals surface area (Å²) >= 11 is 0. The quantitative estimate of drug-likeness (QED) is 0.496. The Hall–Kier alpha value is -3.57. The monoisotopic (exact) mass is 485 g/mol. The number of hydrogen-bond acceptors (Lipinski definition) is 9. The van der Waals surface area contributed by atoms with Crippen LogP contribution in [0.15, 0.2) is 53.4 Å². The lowest BCUT2D eigenvalue weighted by atomic mass is 10.3. The summed E-state index contributed by atoms with van der Waals surface area (Å²) in [5.74, 6) is 1.94. The molecule has 3 aromatic rings. The van der Waals surface area contributed by atoms with Crippen LogP contribution in [0.25, 0.3) is 0 Å². The molecule has 2 aromatic carbocycles. The van der Waals surface area contributed by atoms with Crippen LogP contribution in [0.2, 0.25) is 0 Å². The molecule has 0 atom stereocenters. The van der Waals surface area contributed by atoms with Crippen LogP contribution in [0, 0.1) is 6.92 Å². The number of nitrogens with one attached hydrogen (secondary N) is 2. The smallest absolute Gasteiger partial charge is 0.265 e. The zero-order chi connectivity index (χ0) is 24.1. The molecule has 34 heavy (non-hydrogen) atoms. The van der Waals surface area contributed by atoms with Crippen molar-refractivity contribution in [2.75, 3.05) is 55.5 Å². The third-order valence-corrected chi connectivity index (χ3v) is 6.63. The van der Waals surface area contributed by atoms with Crippen LogP contribution in [0.1, 0.15) is 5.69 Å². The van der Waals surface area contributed by atoms with E-state index < -0.39 is 10.0 Å². The number of morpholine rings is 1. The summed E-state index contributed by atoms with van der Waals surface area (Å²) in [6.45, 7) is 4.82. The van der Waals surface area contributed by atoms with Crippen LogP contribution in [0.4, 0.5) is 23.1 Å². The lowest BCUT2D eigenvalue weighted by molar-refractivity contribution is 0.122. The molecule has 0 saturated carbocycles. The Labute approximate surface area is 198 Å². The van der Waals surface area contributed by atoms with Crippen LogP contribution in [0.5, 0.6) is 11.5 Å².